The first kappa shape index (κ1) is 13.7. The van der Waals surface area contributed by atoms with E-state index in [2.05, 4.69) is 50.6 Å². The molecular formula is C16H28N2. The molecule has 2 rings (SSSR count). The molecule has 0 spiro atoms. The number of aryl methyl sites for hydroxylation is 1. The van der Waals surface area contributed by atoms with E-state index in [1.54, 1.807) is 0 Å². The highest BCUT2D eigenvalue weighted by Gasteiger charge is 2.29. The third kappa shape index (κ3) is 2.49. The van der Waals surface area contributed by atoms with Crippen LogP contribution in [0.2, 0.25) is 0 Å². The van der Waals surface area contributed by atoms with Crippen LogP contribution in [0.15, 0.2) is 6.07 Å². The molecule has 1 aromatic rings. The van der Waals surface area contributed by atoms with E-state index >= 15 is 0 Å². The molecule has 0 aliphatic heterocycles. The Morgan fingerprint density at radius 3 is 2.50 bits per heavy atom. The maximum Gasteiger partial charge on any atom is 0.0226 e. The molecule has 1 aliphatic carbocycles. The van der Waals surface area contributed by atoms with Gasteiger partial charge in [-0.25, -0.2) is 0 Å². The number of rotatable bonds is 4. The summed E-state index contributed by atoms with van der Waals surface area (Å²) in [6.07, 6.45) is 2.72. The van der Waals surface area contributed by atoms with Gasteiger partial charge in [-0.15, -0.1) is 0 Å². The number of hydrogen-bond acceptors (Lipinski definition) is 1. The fourth-order valence-electron chi connectivity index (χ4n) is 3.43. The molecule has 1 aromatic heterocycles. The molecular weight excluding hydrogens is 220 g/mol. The predicted molar refractivity (Wildman–Crippen MR) is 77.8 cm³/mol. The monoisotopic (exact) mass is 248 g/mol. The minimum Gasteiger partial charge on any atom is -0.349 e. The zero-order valence-corrected chi connectivity index (χ0v) is 12.6. The smallest absolute Gasteiger partial charge is 0.0226 e. The number of nitrogens with zero attached hydrogens (tertiary/aromatic N) is 1. The van der Waals surface area contributed by atoms with E-state index in [0.717, 1.165) is 24.9 Å². The lowest BCUT2D eigenvalue weighted by atomic mass is 9.98. The molecule has 1 N–H and O–H groups in total. The fraction of sp³-hybridized carbons (Fsp3) is 0.750. The maximum atomic E-state index is 3.77. The van der Waals surface area contributed by atoms with Gasteiger partial charge in [-0.1, -0.05) is 13.8 Å². The summed E-state index contributed by atoms with van der Waals surface area (Å²) in [7, 11) is 0. The molecule has 1 fully saturated rings. The van der Waals surface area contributed by atoms with Crippen LogP contribution in [0, 0.1) is 25.7 Å². The zero-order valence-electron chi connectivity index (χ0n) is 12.6. The molecule has 0 aromatic carbocycles. The summed E-state index contributed by atoms with van der Waals surface area (Å²) in [5, 5.41) is 3.77. The van der Waals surface area contributed by atoms with Gasteiger partial charge in [-0.2, -0.15) is 0 Å². The number of aromatic nitrogens is 1. The largest absolute Gasteiger partial charge is 0.349 e. The second-order valence-electron chi connectivity index (χ2n) is 6.04. The molecule has 0 radical (unpaired) electrons. The summed E-state index contributed by atoms with van der Waals surface area (Å²) in [4.78, 5) is 0. The molecule has 1 heterocycles. The third-order valence-electron chi connectivity index (χ3n) is 5.01. The second kappa shape index (κ2) is 5.48. The van der Waals surface area contributed by atoms with Crippen molar-refractivity contribution in [1.29, 1.82) is 0 Å². The van der Waals surface area contributed by atoms with Gasteiger partial charge >= 0.3 is 0 Å². The summed E-state index contributed by atoms with van der Waals surface area (Å²) in [6.45, 7) is 13.6. The normalized spacial score (nSPS) is 27.9. The summed E-state index contributed by atoms with van der Waals surface area (Å²) >= 11 is 0. The molecule has 1 saturated carbocycles. The third-order valence-corrected chi connectivity index (χ3v) is 5.01. The highest BCUT2D eigenvalue weighted by Crippen LogP contribution is 2.31. The van der Waals surface area contributed by atoms with E-state index in [-0.39, 0.29) is 0 Å². The Balaban J connectivity index is 1.98. The summed E-state index contributed by atoms with van der Waals surface area (Å²) < 4.78 is 2.40. The van der Waals surface area contributed by atoms with E-state index in [1.165, 1.54) is 29.8 Å². The van der Waals surface area contributed by atoms with Crippen LogP contribution in [0.4, 0.5) is 0 Å². The van der Waals surface area contributed by atoms with Crippen molar-refractivity contribution in [3.63, 3.8) is 0 Å². The molecule has 3 atom stereocenters. The molecule has 0 amide bonds. The first-order valence-corrected chi connectivity index (χ1v) is 7.43. The Morgan fingerprint density at radius 1 is 1.28 bits per heavy atom. The number of hydrogen-bond donors (Lipinski definition) is 1. The van der Waals surface area contributed by atoms with Crippen LogP contribution in [0.5, 0.6) is 0 Å². The summed E-state index contributed by atoms with van der Waals surface area (Å²) in [5.41, 5.74) is 4.29. The minimum absolute atomic E-state index is 0.713. The van der Waals surface area contributed by atoms with Gasteiger partial charge in [-0.05, 0) is 57.1 Å². The van der Waals surface area contributed by atoms with Crippen LogP contribution in [0.3, 0.4) is 0 Å². The van der Waals surface area contributed by atoms with Crippen molar-refractivity contribution in [2.45, 2.75) is 66.6 Å². The lowest BCUT2D eigenvalue weighted by Crippen LogP contribution is -2.32. The minimum atomic E-state index is 0.713. The van der Waals surface area contributed by atoms with E-state index in [9.17, 15) is 0 Å². The highest BCUT2D eigenvalue weighted by molar-refractivity contribution is 5.26. The van der Waals surface area contributed by atoms with Crippen LogP contribution in [0.25, 0.3) is 0 Å². The van der Waals surface area contributed by atoms with Gasteiger partial charge in [-0.3, -0.25) is 0 Å². The SMILES string of the molecule is CCn1c(C)cc(CNC2CCC(C)C2C)c1C. The maximum absolute atomic E-state index is 3.77. The van der Waals surface area contributed by atoms with Crippen molar-refractivity contribution in [2.24, 2.45) is 11.8 Å². The highest BCUT2D eigenvalue weighted by atomic mass is 15.0. The predicted octanol–water partition coefficient (Wildman–Crippen LogP) is 3.65. The van der Waals surface area contributed by atoms with Crippen molar-refractivity contribution in [1.82, 2.24) is 9.88 Å². The lowest BCUT2D eigenvalue weighted by molar-refractivity contribution is 0.369. The molecule has 102 valence electrons. The molecule has 1 aliphatic rings. The topological polar surface area (TPSA) is 17.0 Å². The van der Waals surface area contributed by atoms with Gasteiger partial charge in [0, 0.05) is 30.5 Å². The first-order valence-electron chi connectivity index (χ1n) is 7.43. The van der Waals surface area contributed by atoms with E-state index in [1.807, 2.05) is 0 Å². The molecule has 3 unspecified atom stereocenters. The lowest BCUT2D eigenvalue weighted by Gasteiger charge is -2.19. The van der Waals surface area contributed by atoms with E-state index in [0.29, 0.717) is 6.04 Å². The molecule has 2 heteroatoms. The van der Waals surface area contributed by atoms with Crippen LogP contribution in [0.1, 0.15) is 50.6 Å². The first-order chi connectivity index (χ1) is 8.54. The van der Waals surface area contributed by atoms with Crippen LogP contribution < -0.4 is 5.32 Å². The Labute approximate surface area is 112 Å². The molecule has 0 bridgehead atoms. The quantitative estimate of drug-likeness (QED) is 0.860. The average molecular weight is 248 g/mol. The number of nitrogens with one attached hydrogen (secondary N) is 1. The second-order valence-corrected chi connectivity index (χ2v) is 6.04. The Kier molecular flexibility index (Phi) is 4.16. The summed E-state index contributed by atoms with van der Waals surface area (Å²) in [5.74, 6) is 1.70. The molecule has 2 nitrogen and oxygen atoms in total. The van der Waals surface area contributed by atoms with Gasteiger partial charge in [0.25, 0.3) is 0 Å². The Morgan fingerprint density at radius 2 is 2.00 bits per heavy atom. The Bertz CT molecular complexity index is 405. The van der Waals surface area contributed by atoms with Crippen molar-refractivity contribution >= 4 is 0 Å². The van der Waals surface area contributed by atoms with Gasteiger partial charge < -0.3 is 9.88 Å². The van der Waals surface area contributed by atoms with Crippen LogP contribution in [-0.2, 0) is 13.1 Å². The summed E-state index contributed by atoms with van der Waals surface area (Å²) in [6, 6.07) is 3.05. The molecule has 18 heavy (non-hydrogen) atoms. The van der Waals surface area contributed by atoms with Gasteiger partial charge in [0.2, 0.25) is 0 Å². The van der Waals surface area contributed by atoms with Crippen LogP contribution >= 0.6 is 0 Å². The van der Waals surface area contributed by atoms with Gasteiger partial charge in [0.05, 0.1) is 0 Å². The van der Waals surface area contributed by atoms with Crippen molar-refractivity contribution in [2.75, 3.05) is 0 Å². The van der Waals surface area contributed by atoms with Gasteiger partial charge in [0.15, 0.2) is 0 Å². The van der Waals surface area contributed by atoms with E-state index < -0.39 is 0 Å². The average Bonchev–Trinajstić information content (AvgIpc) is 2.79. The van der Waals surface area contributed by atoms with Crippen LogP contribution in [-0.4, -0.2) is 10.6 Å². The van der Waals surface area contributed by atoms with E-state index in [4.69, 9.17) is 0 Å². The fourth-order valence-corrected chi connectivity index (χ4v) is 3.43. The standard InChI is InChI=1S/C16H28N2/c1-6-18-12(3)9-15(14(18)5)10-17-16-8-7-11(2)13(16)4/h9,11,13,16-17H,6-8,10H2,1-5H3. The van der Waals surface area contributed by atoms with Gasteiger partial charge in [0.1, 0.15) is 0 Å². The van der Waals surface area contributed by atoms with Crippen molar-refractivity contribution in [3.05, 3.63) is 23.0 Å². The zero-order chi connectivity index (χ0) is 13.3. The van der Waals surface area contributed by atoms with Crippen molar-refractivity contribution in [3.8, 4) is 0 Å². The Hall–Kier alpha value is -0.760. The van der Waals surface area contributed by atoms with Crippen molar-refractivity contribution < 1.29 is 0 Å². The molecule has 0 saturated heterocycles.